The van der Waals surface area contributed by atoms with E-state index >= 15 is 0 Å². The van der Waals surface area contributed by atoms with Crippen LogP contribution in [0.15, 0.2) is 75.7 Å². The summed E-state index contributed by atoms with van der Waals surface area (Å²) in [6, 6.07) is 3.80. The number of Topliss-reactive ketones (excluding diaryl/α,β-unsaturated/α-hetero) is 1. The van der Waals surface area contributed by atoms with Gasteiger partial charge in [0.15, 0.2) is 0 Å². The van der Waals surface area contributed by atoms with Crippen LogP contribution in [0, 0.1) is 0 Å². The van der Waals surface area contributed by atoms with Gasteiger partial charge in [-0.3, -0.25) is 19.8 Å². The number of rotatable bonds is 2. The molecule has 2 aliphatic heterocycles. The number of ketones is 1. The maximum absolute atomic E-state index is 13.3. The number of pyridine rings is 2. The smallest absolute Gasteiger partial charge is 0.201 e. The van der Waals surface area contributed by atoms with E-state index in [2.05, 4.69) is 43.0 Å². The van der Waals surface area contributed by atoms with Gasteiger partial charge in [0.1, 0.15) is 5.76 Å². The summed E-state index contributed by atoms with van der Waals surface area (Å²) < 4.78 is 0. The zero-order valence-electron chi connectivity index (χ0n) is 19.2. The Morgan fingerprint density at radius 3 is 2.22 bits per heavy atom. The first-order chi connectivity index (χ1) is 15.1. The molecular formula is C26H26N4O2. The molecule has 162 valence electrons. The van der Waals surface area contributed by atoms with Gasteiger partial charge in [-0.05, 0) is 37.1 Å². The van der Waals surface area contributed by atoms with E-state index in [1.54, 1.807) is 12.4 Å². The third kappa shape index (κ3) is 2.52. The zero-order chi connectivity index (χ0) is 23.0. The second kappa shape index (κ2) is 6.48. The number of nitrogens with zero attached hydrogens (tertiary/aromatic N) is 3. The highest BCUT2D eigenvalue weighted by atomic mass is 16.3. The van der Waals surface area contributed by atoms with Crippen molar-refractivity contribution in [3.63, 3.8) is 0 Å². The molecule has 32 heavy (non-hydrogen) atoms. The molecule has 0 aromatic carbocycles. The van der Waals surface area contributed by atoms with Crippen molar-refractivity contribution >= 4 is 22.9 Å². The number of aliphatic hydroxyl groups is 1. The Bertz CT molecular complexity index is 1340. The molecule has 0 saturated carbocycles. The van der Waals surface area contributed by atoms with Crippen molar-refractivity contribution in [1.82, 2.24) is 9.97 Å². The Balaban J connectivity index is 1.59. The largest absolute Gasteiger partial charge is 0.506 e. The number of carbonyl (C=O) groups is 1. The summed E-state index contributed by atoms with van der Waals surface area (Å²) >= 11 is 0. The molecule has 0 unspecified atom stereocenters. The van der Waals surface area contributed by atoms with Crippen LogP contribution in [0.3, 0.4) is 0 Å². The standard InChI is InChI=1S/C26H26N4O2/c1-13(23-25(3,4)15-11-27-9-7-17(15)29-23)19-21(31)20(22(19)32)14(2)24-26(5,6)16-12-28-10-8-18(16)30-24/h7-12,29,31H,1-6H3. The highest BCUT2D eigenvalue weighted by molar-refractivity contribution is 6.27. The highest BCUT2D eigenvalue weighted by Gasteiger charge is 2.44. The maximum Gasteiger partial charge on any atom is 0.201 e. The topological polar surface area (TPSA) is 87.5 Å². The lowest BCUT2D eigenvalue weighted by atomic mass is 9.73. The Hall–Kier alpha value is -3.54. The molecule has 1 aliphatic carbocycles. The number of hydrogen-bond donors (Lipinski definition) is 2. The van der Waals surface area contributed by atoms with Gasteiger partial charge in [0.2, 0.25) is 5.78 Å². The van der Waals surface area contributed by atoms with E-state index in [0.29, 0.717) is 16.7 Å². The number of aliphatic imine (C=N–C) groups is 1. The summed E-state index contributed by atoms with van der Waals surface area (Å²) in [6.45, 7) is 12.1. The first-order valence-corrected chi connectivity index (χ1v) is 10.7. The first kappa shape index (κ1) is 20.4. The molecule has 4 heterocycles. The predicted octanol–water partition coefficient (Wildman–Crippen LogP) is 5.23. The molecule has 6 nitrogen and oxygen atoms in total. The predicted molar refractivity (Wildman–Crippen MR) is 125 cm³/mol. The minimum absolute atomic E-state index is 0.0387. The number of aliphatic hydroxyl groups excluding tert-OH is 1. The van der Waals surface area contributed by atoms with E-state index in [1.807, 2.05) is 38.4 Å². The average Bonchev–Trinajstić information content (AvgIpc) is 3.18. The molecule has 0 atom stereocenters. The summed E-state index contributed by atoms with van der Waals surface area (Å²) in [7, 11) is 0. The van der Waals surface area contributed by atoms with E-state index in [1.165, 1.54) is 0 Å². The lowest BCUT2D eigenvalue weighted by Crippen LogP contribution is -2.32. The van der Waals surface area contributed by atoms with Crippen molar-refractivity contribution in [2.45, 2.75) is 52.4 Å². The maximum atomic E-state index is 13.3. The Labute approximate surface area is 187 Å². The fourth-order valence-electron chi connectivity index (χ4n) is 5.24. The van der Waals surface area contributed by atoms with Gasteiger partial charge in [0.05, 0.1) is 22.5 Å². The first-order valence-electron chi connectivity index (χ1n) is 10.7. The lowest BCUT2D eigenvalue weighted by Gasteiger charge is -2.30. The molecule has 5 rings (SSSR count). The molecular weight excluding hydrogens is 400 g/mol. The van der Waals surface area contributed by atoms with Crippen molar-refractivity contribution in [2.24, 2.45) is 4.99 Å². The molecule has 0 amide bonds. The summed E-state index contributed by atoms with van der Waals surface area (Å²) in [6.07, 6.45) is 7.13. The minimum Gasteiger partial charge on any atom is -0.506 e. The number of carbonyl (C=O) groups excluding carboxylic acids is 1. The van der Waals surface area contributed by atoms with Gasteiger partial charge >= 0.3 is 0 Å². The van der Waals surface area contributed by atoms with Crippen molar-refractivity contribution < 1.29 is 9.90 Å². The summed E-state index contributed by atoms with van der Waals surface area (Å²) in [5, 5.41) is 14.5. The highest BCUT2D eigenvalue weighted by Crippen LogP contribution is 2.48. The molecule has 0 bridgehead atoms. The van der Waals surface area contributed by atoms with Crippen molar-refractivity contribution in [2.75, 3.05) is 5.32 Å². The third-order valence-corrected chi connectivity index (χ3v) is 7.08. The number of hydrogen-bond acceptors (Lipinski definition) is 6. The molecule has 2 N–H and O–H groups in total. The van der Waals surface area contributed by atoms with E-state index < -0.39 is 5.41 Å². The molecule has 3 aliphatic rings. The molecule has 6 heteroatoms. The van der Waals surface area contributed by atoms with Gasteiger partial charge in [-0.1, -0.05) is 27.7 Å². The van der Waals surface area contributed by atoms with Crippen molar-refractivity contribution in [3.8, 4) is 0 Å². The van der Waals surface area contributed by atoms with E-state index in [9.17, 15) is 9.90 Å². The van der Waals surface area contributed by atoms with E-state index in [4.69, 9.17) is 4.99 Å². The molecule has 0 spiro atoms. The minimum atomic E-state index is -0.395. The molecule has 2 aromatic rings. The zero-order valence-corrected chi connectivity index (χ0v) is 19.2. The molecule has 0 fully saturated rings. The van der Waals surface area contributed by atoms with Crippen molar-refractivity contribution in [3.05, 3.63) is 81.8 Å². The fourth-order valence-corrected chi connectivity index (χ4v) is 5.24. The van der Waals surface area contributed by atoms with Crippen LogP contribution < -0.4 is 5.32 Å². The van der Waals surface area contributed by atoms with Crippen LogP contribution in [0.4, 0.5) is 11.4 Å². The number of fused-ring (bicyclic) bond motifs is 2. The molecule has 0 radical (unpaired) electrons. The normalized spacial score (nSPS) is 23.2. The Morgan fingerprint density at radius 1 is 0.938 bits per heavy atom. The van der Waals surface area contributed by atoms with Crippen LogP contribution in [0.1, 0.15) is 52.7 Å². The number of anilines is 1. The van der Waals surface area contributed by atoms with Crippen LogP contribution in [0.25, 0.3) is 0 Å². The van der Waals surface area contributed by atoms with Crippen molar-refractivity contribution in [1.29, 1.82) is 0 Å². The van der Waals surface area contributed by atoms with Crippen LogP contribution in [0.5, 0.6) is 0 Å². The second-order valence-corrected chi connectivity index (χ2v) is 9.70. The summed E-state index contributed by atoms with van der Waals surface area (Å²) in [5.41, 5.74) is 7.06. The van der Waals surface area contributed by atoms with Crippen LogP contribution in [-0.4, -0.2) is 26.6 Å². The van der Waals surface area contributed by atoms with E-state index in [-0.39, 0.29) is 17.0 Å². The van der Waals surface area contributed by atoms with Gasteiger partial charge in [0.25, 0.3) is 0 Å². The average molecular weight is 427 g/mol. The number of aromatic nitrogens is 2. The van der Waals surface area contributed by atoms with Gasteiger partial charge in [-0.25, -0.2) is 0 Å². The Morgan fingerprint density at radius 2 is 1.59 bits per heavy atom. The summed E-state index contributed by atoms with van der Waals surface area (Å²) in [5.74, 6) is -0.110. The monoisotopic (exact) mass is 426 g/mol. The van der Waals surface area contributed by atoms with Gasteiger partial charge in [-0.15, -0.1) is 0 Å². The van der Waals surface area contributed by atoms with Crippen LogP contribution >= 0.6 is 0 Å². The van der Waals surface area contributed by atoms with Gasteiger partial charge in [-0.2, -0.15) is 0 Å². The summed E-state index contributed by atoms with van der Waals surface area (Å²) in [4.78, 5) is 26.6. The fraction of sp³-hybridized carbons (Fsp3) is 0.308. The van der Waals surface area contributed by atoms with Crippen LogP contribution in [-0.2, 0) is 15.6 Å². The lowest BCUT2D eigenvalue weighted by molar-refractivity contribution is -0.113. The molecule has 2 aromatic heterocycles. The molecule has 0 saturated heterocycles. The SMILES string of the molecule is CC(C1=Nc2ccncc2C1(C)C)=C1C(=O)C(C(C)=C2Nc3ccncc3C2(C)C)=C1O. The third-order valence-electron chi connectivity index (χ3n) is 7.08. The van der Waals surface area contributed by atoms with Gasteiger partial charge < -0.3 is 10.4 Å². The van der Waals surface area contributed by atoms with Crippen LogP contribution in [0.2, 0.25) is 0 Å². The Kier molecular flexibility index (Phi) is 4.13. The quantitative estimate of drug-likeness (QED) is 0.642. The van der Waals surface area contributed by atoms with E-state index in [0.717, 1.165) is 39.5 Å². The number of nitrogens with one attached hydrogen (secondary N) is 1. The second-order valence-electron chi connectivity index (χ2n) is 9.70. The number of allylic oxidation sites excluding steroid dienone is 5. The van der Waals surface area contributed by atoms with Gasteiger partial charge in [0, 0.05) is 58.1 Å².